The Morgan fingerprint density at radius 2 is 2.11 bits per heavy atom. The number of aromatic nitrogens is 4. The fourth-order valence-electron chi connectivity index (χ4n) is 1.74. The lowest BCUT2D eigenvalue weighted by Gasteiger charge is -2.02. The van der Waals surface area contributed by atoms with Crippen molar-refractivity contribution in [2.75, 3.05) is 0 Å². The molecule has 100 valence electrons. The summed E-state index contributed by atoms with van der Waals surface area (Å²) < 4.78 is 40.1. The third-order valence-electron chi connectivity index (χ3n) is 2.59. The van der Waals surface area contributed by atoms with Gasteiger partial charge in [0.1, 0.15) is 0 Å². The van der Waals surface area contributed by atoms with Gasteiger partial charge in [0.15, 0.2) is 16.5 Å². The largest absolute Gasteiger partial charge is 0.435 e. The molecule has 0 bridgehead atoms. The normalized spacial score (nSPS) is 12.4. The second-order valence-corrected chi connectivity index (χ2v) is 4.61. The molecule has 1 N–H and O–H groups in total. The number of thiazole rings is 1. The third-order valence-corrected chi connectivity index (χ3v) is 3.34. The van der Waals surface area contributed by atoms with Crippen LogP contribution in [0.25, 0.3) is 10.8 Å². The van der Waals surface area contributed by atoms with E-state index < -0.39 is 11.9 Å². The van der Waals surface area contributed by atoms with E-state index in [4.69, 9.17) is 0 Å². The zero-order valence-electron chi connectivity index (χ0n) is 9.29. The lowest BCUT2D eigenvalue weighted by Crippen LogP contribution is -2.08. The van der Waals surface area contributed by atoms with E-state index in [-0.39, 0.29) is 12.4 Å². The number of hydrogen-bond donors (Lipinski definition) is 1. The molecule has 5 nitrogen and oxygen atoms in total. The number of alkyl halides is 3. The molecule has 3 heterocycles. The average Bonchev–Trinajstić information content (AvgIpc) is 3.01. The van der Waals surface area contributed by atoms with Crippen LogP contribution in [0.3, 0.4) is 0 Å². The third kappa shape index (κ3) is 1.90. The molecule has 3 aromatic heterocycles. The van der Waals surface area contributed by atoms with Crippen LogP contribution in [0.5, 0.6) is 0 Å². The van der Waals surface area contributed by atoms with Gasteiger partial charge in [-0.2, -0.15) is 23.3 Å². The molecular formula is C10H7F3N4OS. The summed E-state index contributed by atoms with van der Waals surface area (Å²) in [5.41, 5.74) is -0.596. The molecule has 0 aliphatic rings. The first-order chi connectivity index (χ1) is 9.00. The number of aliphatic hydroxyl groups excluding tert-OH is 1. The van der Waals surface area contributed by atoms with Gasteiger partial charge in [-0.1, -0.05) is 0 Å². The molecule has 9 heteroatoms. The average molecular weight is 288 g/mol. The zero-order valence-corrected chi connectivity index (χ0v) is 10.1. The predicted molar refractivity (Wildman–Crippen MR) is 61.1 cm³/mol. The Labute approximate surface area is 108 Å². The monoisotopic (exact) mass is 288 g/mol. The molecule has 3 rings (SSSR count). The molecule has 0 saturated carbocycles. The fourth-order valence-corrected chi connectivity index (χ4v) is 2.47. The molecular weight excluding hydrogens is 281 g/mol. The summed E-state index contributed by atoms with van der Waals surface area (Å²) in [6, 6.07) is 0.870. The smallest absolute Gasteiger partial charge is 0.390 e. The van der Waals surface area contributed by atoms with E-state index in [9.17, 15) is 18.3 Å². The van der Waals surface area contributed by atoms with Gasteiger partial charge in [0.25, 0.3) is 0 Å². The highest BCUT2D eigenvalue weighted by Crippen LogP contribution is 2.28. The standard InChI is InChI=1S/C10H7F3N4OS/c11-10(12,13)7-1-2-17(15-7)8-6(5-18)16-3-4-19-9(16)14-8/h1-4,18H,5H2. The summed E-state index contributed by atoms with van der Waals surface area (Å²) in [6.07, 6.45) is -1.63. The van der Waals surface area contributed by atoms with Crippen molar-refractivity contribution in [3.63, 3.8) is 0 Å². The number of imidazole rings is 1. The molecule has 19 heavy (non-hydrogen) atoms. The molecule has 0 unspecified atom stereocenters. The van der Waals surface area contributed by atoms with Crippen LogP contribution in [0.1, 0.15) is 11.4 Å². The van der Waals surface area contributed by atoms with Crippen molar-refractivity contribution < 1.29 is 18.3 Å². The first-order valence-electron chi connectivity index (χ1n) is 5.19. The van der Waals surface area contributed by atoms with E-state index in [2.05, 4.69) is 10.1 Å². The molecule has 3 aromatic rings. The topological polar surface area (TPSA) is 55.3 Å². The van der Waals surface area contributed by atoms with E-state index in [1.807, 2.05) is 0 Å². The van der Waals surface area contributed by atoms with Crippen LogP contribution in [-0.2, 0) is 12.8 Å². The minimum absolute atomic E-state index is 0.199. The van der Waals surface area contributed by atoms with Crippen LogP contribution in [-0.4, -0.2) is 24.3 Å². The highest BCUT2D eigenvalue weighted by Gasteiger charge is 2.34. The predicted octanol–water partition coefficient (Wildman–Crippen LogP) is 2.09. The maximum atomic E-state index is 12.5. The number of nitrogens with zero attached hydrogens (tertiary/aromatic N) is 4. The summed E-state index contributed by atoms with van der Waals surface area (Å²) in [5.74, 6) is 0.199. The maximum absolute atomic E-state index is 12.5. The van der Waals surface area contributed by atoms with Crippen LogP contribution in [0, 0.1) is 0 Å². The Hall–Kier alpha value is -1.87. The second kappa shape index (κ2) is 4.07. The van der Waals surface area contributed by atoms with Crippen LogP contribution in [0.2, 0.25) is 0 Å². The quantitative estimate of drug-likeness (QED) is 0.785. The Kier molecular flexibility index (Phi) is 2.61. The minimum Gasteiger partial charge on any atom is -0.390 e. The molecule has 0 atom stereocenters. The van der Waals surface area contributed by atoms with Gasteiger partial charge in [-0.3, -0.25) is 4.40 Å². The number of halogens is 3. The molecule has 0 saturated heterocycles. The number of fused-ring (bicyclic) bond motifs is 1. The van der Waals surface area contributed by atoms with Gasteiger partial charge in [-0.25, -0.2) is 4.68 Å². The Balaban J connectivity index is 2.13. The Morgan fingerprint density at radius 1 is 1.32 bits per heavy atom. The summed E-state index contributed by atoms with van der Waals surface area (Å²) in [6.45, 7) is -0.339. The van der Waals surface area contributed by atoms with Gasteiger partial charge in [0.05, 0.1) is 12.3 Å². The van der Waals surface area contributed by atoms with Crippen LogP contribution in [0.15, 0.2) is 23.8 Å². The van der Waals surface area contributed by atoms with Crippen molar-refractivity contribution in [2.45, 2.75) is 12.8 Å². The van der Waals surface area contributed by atoms with Gasteiger partial charge in [0.2, 0.25) is 0 Å². The van der Waals surface area contributed by atoms with Crippen LogP contribution < -0.4 is 0 Å². The van der Waals surface area contributed by atoms with Crippen LogP contribution >= 0.6 is 11.3 Å². The highest BCUT2D eigenvalue weighted by molar-refractivity contribution is 7.15. The van der Waals surface area contributed by atoms with E-state index in [0.29, 0.717) is 10.7 Å². The zero-order chi connectivity index (χ0) is 13.6. The van der Waals surface area contributed by atoms with Crippen molar-refractivity contribution in [1.82, 2.24) is 19.2 Å². The Morgan fingerprint density at radius 3 is 2.74 bits per heavy atom. The van der Waals surface area contributed by atoms with Crippen molar-refractivity contribution in [1.29, 1.82) is 0 Å². The number of hydrogen-bond acceptors (Lipinski definition) is 4. The number of rotatable bonds is 2. The van der Waals surface area contributed by atoms with Gasteiger partial charge in [-0.05, 0) is 6.07 Å². The summed E-state index contributed by atoms with van der Waals surface area (Å²) >= 11 is 1.32. The molecule has 0 aliphatic carbocycles. The second-order valence-electron chi connectivity index (χ2n) is 3.74. The highest BCUT2D eigenvalue weighted by atomic mass is 32.1. The van der Waals surface area contributed by atoms with Crippen molar-refractivity contribution in [3.8, 4) is 5.82 Å². The number of aliphatic hydroxyl groups is 1. The van der Waals surface area contributed by atoms with Crippen molar-refractivity contribution in [3.05, 3.63) is 35.2 Å². The van der Waals surface area contributed by atoms with Crippen molar-refractivity contribution >= 4 is 16.3 Å². The molecule has 0 fully saturated rings. The first-order valence-corrected chi connectivity index (χ1v) is 6.07. The summed E-state index contributed by atoms with van der Waals surface area (Å²) in [5, 5.41) is 14.6. The summed E-state index contributed by atoms with van der Waals surface area (Å²) in [7, 11) is 0. The minimum atomic E-state index is -4.50. The molecule has 0 spiro atoms. The van der Waals surface area contributed by atoms with Crippen LogP contribution in [0.4, 0.5) is 13.2 Å². The molecule has 0 aromatic carbocycles. The van der Waals surface area contributed by atoms with E-state index in [0.717, 1.165) is 10.7 Å². The maximum Gasteiger partial charge on any atom is 0.435 e. The van der Waals surface area contributed by atoms with E-state index in [1.165, 1.54) is 17.5 Å². The SMILES string of the molecule is OCc1c(-n2ccc(C(F)(F)F)n2)nc2sccn12. The molecule has 0 amide bonds. The van der Waals surface area contributed by atoms with E-state index >= 15 is 0 Å². The molecule has 0 radical (unpaired) electrons. The lowest BCUT2D eigenvalue weighted by molar-refractivity contribution is -0.141. The van der Waals surface area contributed by atoms with E-state index in [1.54, 1.807) is 16.0 Å². The first kappa shape index (κ1) is 12.2. The van der Waals surface area contributed by atoms with Gasteiger partial charge >= 0.3 is 6.18 Å². The lowest BCUT2D eigenvalue weighted by atomic mass is 10.4. The Bertz CT molecular complexity index is 727. The molecule has 0 aliphatic heterocycles. The van der Waals surface area contributed by atoms with Gasteiger partial charge in [0, 0.05) is 17.8 Å². The summed E-state index contributed by atoms with van der Waals surface area (Å²) in [4.78, 5) is 4.75. The fraction of sp³-hybridized carbons (Fsp3) is 0.200. The van der Waals surface area contributed by atoms with Gasteiger partial charge in [-0.15, -0.1) is 11.3 Å². The van der Waals surface area contributed by atoms with Gasteiger partial charge < -0.3 is 5.11 Å². The van der Waals surface area contributed by atoms with Crippen molar-refractivity contribution in [2.24, 2.45) is 0 Å².